The largest absolute Gasteiger partial charge is 0.419 e. The summed E-state index contributed by atoms with van der Waals surface area (Å²) in [4.78, 5) is 8.40. The van der Waals surface area contributed by atoms with Crippen molar-refractivity contribution in [3.8, 4) is 11.6 Å². The smallest absolute Gasteiger partial charge is 0.267 e. The predicted molar refractivity (Wildman–Crippen MR) is 92.6 cm³/mol. The van der Waals surface area contributed by atoms with E-state index in [-0.39, 0.29) is 11.8 Å². The lowest BCUT2D eigenvalue weighted by Gasteiger charge is -2.16. The Kier molecular flexibility index (Phi) is 4.25. The van der Waals surface area contributed by atoms with E-state index in [1.807, 2.05) is 6.92 Å². The van der Waals surface area contributed by atoms with Crippen LogP contribution < -0.4 is 0 Å². The van der Waals surface area contributed by atoms with Gasteiger partial charge in [-0.05, 0) is 25.5 Å². The molecule has 1 atom stereocenters. The number of aryl methyl sites for hydroxylation is 1. The van der Waals surface area contributed by atoms with E-state index < -0.39 is 10.0 Å². The van der Waals surface area contributed by atoms with Crippen LogP contribution in [0.5, 0.6) is 0 Å². The lowest BCUT2D eigenvalue weighted by Crippen LogP contribution is -2.28. The zero-order valence-electron chi connectivity index (χ0n) is 14.1. The van der Waals surface area contributed by atoms with Gasteiger partial charge >= 0.3 is 0 Å². The summed E-state index contributed by atoms with van der Waals surface area (Å²) in [6.07, 6.45) is 5.28. The third kappa shape index (κ3) is 3.11. The van der Waals surface area contributed by atoms with Crippen LogP contribution in [0.1, 0.15) is 23.8 Å². The van der Waals surface area contributed by atoms with Gasteiger partial charge < -0.3 is 4.42 Å². The second kappa shape index (κ2) is 6.58. The Labute approximate surface area is 151 Å². The van der Waals surface area contributed by atoms with Gasteiger partial charge in [-0.2, -0.15) is 4.31 Å². The molecule has 0 saturated carbocycles. The first-order chi connectivity index (χ1) is 12.5. The Hall–Kier alpha value is -2.65. The molecule has 1 aliphatic rings. The van der Waals surface area contributed by atoms with Crippen molar-refractivity contribution in [2.24, 2.45) is 0 Å². The predicted octanol–water partition coefficient (Wildman–Crippen LogP) is 2.01. The first-order valence-electron chi connectivity index (χ1n) is 8.20. The number of hydrogen-bond donors (Lipinski definition) is 0. The minimum absolute atomic E-state index is 0.131. The molecule has 8 nitrogen and oxygen atoms in total. The molecule has 0 spiro atoms. The van der Waals surface area contributed by atoms with Crippen LogP contribution in [0.2, 0.25) is 0 Å². The first-order valence-corrected chi connectivity index (χ1v) is 9.64. The van der Waals surface area contributed by atoms with Crippen LogP contribution in [0, 0.1) is 6.92 Å². The molecule has 4 rings (SSSR count). The quantitative estimate of drug-likeness (QED) is 0.691. The van der Waals surface area contributed by atoms with E-state index in [1.54, 1.807) is 42.9 Å². The molecule has 0 unspecified atom stereocenters. The fourth-order valence-electron chi connectivity index (χ4n) is 2.92. The third-order valence-electron chi connectivity index (χ3n) is 4.38. The molecular formula is C17H17N5O3S. The molecule has 0 radical (unpaired) electrons. The number of benzene rings is 1. The second-order valence-electron chi connectivity index (χ2n) is 6.20. The molecule has 9 heteroatoms. The summed E-state index contributed by atoms with van der Waals surface area (Å²) in [5.74, 6) is 0.577. The number of sulfonamides is 1. The van der Waals surface area contributed by atoms with Crippen molar-refractivity contribution in [3.63, 3.8) is 0 Å². The minimum atomic E-state index is -3.52. The Morgan fingerprint density at radius 1 is 1.15 bits per heavy atom. The summed E-state index contributed by atoms with van der Waals surface area (Å²) in [5, 5.41) is 8.07. The van der Waals surface area contributed by atoms with E-state index in [4.69, 9.17) is 4.42 Å². The van der Waals surface area contributed by atoms with Crippen LogP contribution in [0.3, 0.4) is 0 Å². The van der Waals surface area contributed by atoms with Crippen LogP contribution in [0.4, 0.5) is 0 Å². The van der Waals surface area contributed by atoms with Gasteiger partial charge in [0.25, 0.3) is 5.89 Å². The van der Waals surface area contributed by atoms with E-state index in [0.717, 1.165) is 5.56 Å². The van der Waals surface area contributed by atoms with Crippen molar-refractivity contribution in [2.75, 3.05) is 13.1 Å². The van der Waals surface area contributed by atoms with Gasteiger partial charge in [0.2, 0.25) is 15.9 Å². The topological polar surface area (TPSA) is 102 Å². The van der Waals surface area contributed by atoms with Crippen molar-refractivity contribution in [1.82, 2.24) is 24.5 Å². The maximum atomic E-state index is 12.8. The molecule has 3 aromatic rings. The minimum Gasteiger partial charge on any atom is -0.419 e. The first kappa shape index (κ1) is 16.8. The SMILES string of the molecule is Cc1ccc(S(=O)(=O)N2CC[C@@H](c3nnc(-c4cnccn4)o3)C2)cc1. The van der Waals surface area contributed by atoms with Gasteiger partial charge in [-0.3, -0.25) is 4.98 Å². The van der Waals surface area contributed by atoms with Crippen molar-refractivity contribution in [1.29, 1.82) is 0 Å². The summed E-state index contributed by atoms with van der Waals surface area (Å²) in [6, 6.07) is 6.87. The zero-order chi connectivity index (χ0) is 18.1. The standard InChI is InChI=1S/C17H17N5O3S/c1-12-2-4-14(5-3-12)26(23,24)22-9-6-13(11-22)16-20-21-17(25-16)15-10-18-7-8-19-15/h2-5,7-8,10,13H,6,9,11H2,1H3/t13-/m1/s1. The van der Waals surface area contributed by atoms with Gasteiger partial charge in [-0.15, -0.1) is 10.2 Å². The molecule has 26 heavy (non-hydrogen) atoms. The van der Waals surface area contributed by atoms with Crippen molar-refractivity contribution in [2.45, 2.75) is 24.2 Å². The number of hydrogen-bond acceptors (Lipinski definition) is 7. The van der Waals surface area contributed by atoms with Crippen LogP contribution in [0.15, 0.2) is 52.2 Å². The molecule has 0 aliphatic carbocycles. The number of rotatable bonds is 4. The van der Waals surface area contributed by atoms with E-state index in [9.17, 15) is 8.42 Å². The average molecular weight is 371 g/mol. The van der Waals surface area contributed by atoms with E-state index in [0.29, 0.717) is 36.0 Å². The molecule has 1 aromatic carbocycles. The summed E-state index contributed by atoms with van der Waals surface area (Å²) >= 11 is 0. The second-order valence-corrected chi connectivity index (χ2v) is 8.14. The lowest BCUT2D eigenvalue weighted by atomic mass is 10.1. The fraction of sp³-hybridized carbons (Fsp3) is 0.294. The Morgan fingerprint density at radius 3 is 2.69 bits per heavy atom. The third-order valence-corrected chi connectivity index (χ3v) is 6.26. The van der Waals surface area contributed by atoms with E-state index >= 15 is 0 Å². The van der Waals surface area contributed by atoms with Gasteiger partial charge in [0, 0.05) is 25.5 Å². The highest BCUT2D eigenvalue weighted by atomic mass is 32.2. The van der Waals surface area contributed by atoms with Gasteiger partial charge in [0.1, 0.15) is 5.69 Å². The van der Waals surface area contributed by atoms with Gasteiger partial charge in [0.15, 0.2) is 0 Å². The highest BCUT2D eigenvalue weighted by molar-refractivity contribution is 7.89. The summed E-state index contributed by atoms with van der Waals surface area (Å²) < 4.78 is 32.7. The van der Waals surface area contributed by atoms with Crippen LogP contribution >= 0.6 is 0 Å². The summed E-state index contributed by atoms with van der Waals surface area (Å²) in [5.41, 5.74) is 1.51. The van der Waals surface area contributed by atoms with Crippen molar-refractivity contribution in [3.05, 3.63) is 54.3 Å². The van der Waals surface area contributed by atoms with Gasteiger partial charge in [-0.25, -0.2) is 13.4 Å². The Bertz CT molecular complexity index is 1000. The maximum Gasteiger partial charge on any atom is 0.267 e. The Morgan fingerprint density at radius 2 is 1.96 bits per heavy atom. The number of nitrogens with zero attached hydrogens (tertiary/aromatic N) is 5. The Balaban J connectivity index is 1.52. The molecule has 2 aromatic heterocycles. The molecule has 134 valence electrons. The molecule has 3 heterocycles. The molecule has 0 bridgehead atoms. The van der Waals surface area contributed by atoms with Crippen molar-refractivity contribution >= 4 is 10.0 Å². The molecule has 1 aliphatic heterocycles. The monoisotopic (exact) mass is 371 g/mol. The van der Waals surface area contributed by atoms with Crippen LogP contribution in [-0.4, -0.2) is 46.0 Å². The molecule has 1 saturated heterocycles. The van der Waals surface area contributed by atoms with Crippen LogP contribution in [-0.2, 0) is 10.0 Å². The summed E-state index contributed by atoms with van der Waals surface area (Å²) in [6.45, 7) is 2.66. The highest BCUT2D eigenvalue weighted by Crippen LogP contribution is 2.31. The van der Waals surface area contributed by atoms with Crippen LogP contribution in [0.25, 0.3) is 11.6 Å². The number of aromatic nitrogens is 4. The molecule has 0 amide bonds. The maximum absolute atomic E-state index is 12.8. The molecule has 1 fully saturated rings. The van der Waals surface area contributed by atoms with Gasteiger partial charge in [-0.1, -0.05) is 17.7 Å². The average Bonchev–Trinajstić information content (AvgIpc) is 3.33. The van der Waals surface area contributed by atoms with E-state index in [1.165, 1.54) is 4.31 Å². The fourth-order valence-corrected chi connectivity index (χ4v) is 4.42. The lowest BCUT2D eigenvalue weighted by molar-refractivity contribution is 0.439. The summed E-state index contributed by atoms with van der Waals surface area (Å²) in [7, 11) is -3.52. The van der Waals surface area contributed by atoms with E-state index in [2.05, 4.69) is 20.2 Å². The molecule has 0 N–H and O–H groups in total. The molecular weight excluding hydrogens is 354 g/mol. The normalized spacial score (nSPS) is 18.3. The van der Waals surface area contributed by atoms with Crippen molar-refractivity contribution < 1.29 is 12.8 Å². The van der Waals surface area contributed by atoms with Gasteiger partial charge in [0.05, 0.1) is 17.0 Å². The highest BCUT2D eigenvalue weighted by Gasteiger charge is 2.35. The zero-order valence-corrected chi connectivity index (χ0v) is 14.9.